The normalized spacial score (nSPS) is 16.2. The van der Waals surface area contributed by atoms with Gasteiger partial charge in [0.1, 0.15) is 5.69 Å². The van der Waals surface area contributed by atoms with Crippen LogP contribution in [0.3, 0.4) is 0 Å². The maximum absolute atomic E-state index is 13.6. The Morgan fingerprint density at radius 2 is 1.70 bits per heavy atom. The summed E-state index contributed by atoms with van der Waals surface area (Å²) >= 11 is 0. The number of rotatable bonds is 5. The molecule has 1 saturated heterocycles. The van der Waals surface area contributed by atoms with E-state index in [-0.39, 0.29) is 17.9 Å². The van der Waals surface area contributed by atoms with E-state index in [1.54, 1.807) is 4.90 Å². The molecule has 4 heterocycles. The Morgan fingerprint density at radius 3 is 2.49 bits per heavy atom. The number of para-hydroxylation sites is 1. The van der Waals surface area contributed by atoms with Crippen LogP contribution in [0.25, 0.3) is 10.9 Å². The topological polar surface area (TPSA) is 94.5 Å². The van der Waals surface area contributed by atoms with Gasteiger partial charge in [0.2, 0.25) is 0 Å². The lowest BCUT2D eigenvalue weighted by Gasteiger charge is -2.30. The van der Waals surface area contributed by atoms with Crippen molar-refractivity contribution >= 4 is 22.7 Å². The number of hydrogen-bond donors (Lipinski definition) is 2. The van der Waals surface area contributed by atoms with Crippen molar-refractivity contribution in [3.05, 3.63) is 88.9 Å². The predicted octanol–water partition coefficient (Wildman–Crippen LogP) is 3.40. The van der Waals surface area contributed by atoms with E-state index >= 15 is 0 Å². The molecule has 4 aromatic rings. The molecule has 2 aliphatic heterocycles. The molecule has 2 amide bonds. The summed E-state index contributed by atoms with van der Waals surface area (Å²) in [5.74, 6) is -0.181. The first-order valence-electron chi connectivity index (χ1n) is 13.0. The van der Waals surface area contributed by atoms with Gasteiger partial charge in [-0.3, -0.25) is 14.3 Å². The highest BCUT2D eigenvalue weighted by Gasteiger charge is 2.33. The fraction of sp³-hybridized carbons (Fsp3) is 0.345. The molecule has 2 N–H and O–H groups in total. The Balaban J connectivity index is 1.29. The van der Waals surface area contributed by atoms with Gasteiger partial charge >= 0.3 is 0 Å². The van der Waals surface area contributed by atoms with Gasteiger partial charge in [-0.05, 0) is 37.0 Å². The van der Waals surface area contributed by atoms with Gasteiger partial charge in [0.15, 0.2) is 5.69 Å². The third kappa shape index (κ3) is 4.64. The van der Waals surface area contributed by atoms with Crippen molar-refractivity contribution < 1.29 is 14.7 Å². The van der Waals surface area contributed by atoms with Crippen molar-refractivity contribution in [2.24, 2.45) is 0 Å². The second-order valence-electron chi connectivity index (χ2n) is 10.0. The SMILES string of the molecule is O=C(c1cc2ccccc2[nH]1)N1CCc2c(c(C(=O)N3CCC(O)CC3)nn2CCc2ccccc2)C1. The van der Waals surface area contributed by atoms with E-state index in [9.17, 15) is 14.7 Å². The van der Waals surface area contributed by atoms with Crippen LogP contribution < -0.4 is 0 Å². The maximum Gasteiger partial charge on any atom is 0.274 e. The van der Waals surface area contributed by atoms with Gasteiger partial charge in [0, 0.05) is 54.8 Å². The number of likely N-dealkylation sites (tertiary alicyclic amines) is 1. The first-order valence-corrected chi connectivity index (χ1v) is 13.0. The van der Waals surface area contributed by atoms with Crippen molar-refractivity contribution in [3.63, 3.8) is 0 Å². The average Bonchev–Trinajstić information content (AvgIpc) is 3.53. The number of aliphatic hydroxyl groups excluding tert-OH is 1. The van der Waals surface area contributed by atoms with Crippen LogP contribution in [0.1, 0.15) is 50.6 Å². The summed E-state index contributed by atoms with van der Waals surface area (Å²) < 4.78 is 1.97. The summed E-state index contributed by atoms with van der Waals surface area (Å²) in [7, 11) is 0. The summed E-state index contributed by atoms with van der Waals surface area (Å²) in [6, 6.07) is 20.0. The van der Waals surface area contributed by atoms with Gasteiger partial charge in [-0.2, -0.15) is 5.10 Å². The third-order valence-corrected chi connectivity index (χ3v) is 7.59. The van der Waals surface area contributed by atoms with Crippen LogP contribution in [0.2, 0.25) is 0 Å². The number of hydrogen-bond acceptors (Lipinski definition) is 4. The standard InChI is InChI=1S/C29H31N5O3/c35-22-11-14-32(15-12-22)29(37)27-23-19-33(28(36)25-18-21-8-4-5-9-24(21)30-25)16-13-26(23)34(31-27)17-10-20-6-2-1-3-7-20/h1-9,18,22,30,35H,10-17,19H2. The van der Waals surface area contributed by atoms with E-state index in [0.29, 0.717) is 63.4 Å². The second kappa shape index (κ2) is 9.86. The zero-order valence-electron chi connectivity index (χ0n) is 20.8. The van der Waals surface area contributed by atoms with Crippen LogP contribution in [0.5, 0.6) is 0 Å². The molecule has 0 radical (unpaired) electrons. The van der Waals surface area contributed by atoms with Crippen molar-refractivity contribution in [1.82, 2.24) is 24.6 Å². The Bertz CT molecular complexity index is 1400. The Kier molecular flexibility index (Phi) is 6.26. The lowest BCUT2D eigenvalue weighted by molar-refractivity contribution is 0.0536. The van der Waals surface area contributed by atoms with Gasteiger partial charge in [-0.1, -0.05) is 48.5 Å². The van der Waals surface area contributed by atoms with E-state index in [4.69, 9.17) is 5.10 Å². The number of benzene rings is 2. The minimum absolute atomic E-state index is 0.0709. The number of nitrogens with zero attached hydrogens (tertiary/aromatic N) is 4. The van der Waals surface area contributed by atoms with E-state index in [1.807, 2.05) is 58.1 Å². The van der Waals surface area contributed by atoms with Crippen molar-refractivity contribution in [3.8, 4) is 0 Å². The molecule has 37 heavy (non-hydrogen) atoms. The van der Waals surface area contributed by atoms with Crippen LogP contribution in [0.15, 0.2) is 60.7 Å². The minimum atomic E-state index is -0.356. The minimum Gasteiger partial charge on any atom is -0.393 e. The molecular formula is C29H31N5O3. The molecular weight excluding hydrogens is 466 g/mol. The highest BCUT2D eigenvalue weighted by Crippen LogP contribution is 2.27. The monoisotopic (exact) mass is 497 g/mol. The molecule has 0 aliphatic carbocycles. The van der Waals surface area contributed by atoms with Crippen LogP contribution >= 0.6 is 0 Å². The summed E-state index contributed by atoms with van der Waals surface area (Å²) in [5.41, 5.74) is 5.03. The number of carbonyl (C=O) groups is 2. The molecule has 0 bridgehead atoms. The largest absolute Gasteiger partial charge is 0.393 e. The highest BCUT2D eigenvalue weighted by molar-refractivity contribution is 5.98. The van der Waals surface area contributed by atoms with Gasteiger partial charge in [-0.15, -0.1) is 0 Å². The van der Waals surface area contributed by atoms with E-state index in [1.165, 1.54) is 5.56 Å². The number of piperidine rings is 1. The Hall–Kier alpha value is -3.91. The second-order valence-corrected chi connectivity index (χ2v) is 10.0. The number of H-pyrrole nitrogens is 1. The number of nitrogens with one attached hydrogen (secondary N) is 1. The molecule has 190 valence electrons. The fourth-order valence-electron chi connectivity index (χ4n) is 5.48. The molecule has 0 saturated carbocycles. The number of fused-ring (bicyclic) bond motifs is 2. The van der Waals surface area contributed by atoms with Crippen molar-refractivity contribution in [1.29, 1.82) is 0 Å². The molecule has 2 aromatic heterocycles. The van der Waals surface area contributed by atoms with Crippen molar-refractivity contribution in [2.45, 2.75) is 44.9 Å². The Labute approximate surface area is 215 Å². The number of carbonyl (C=O) groups excluding carboxylic acids is 2. The number of aliphatic hydroxyl groups is 1. The third-order valence-electron chi connectivity index (χ3n) is 7.59. The van der Waals surface area contributed by atoms with Gasteiger partial charge < -0.3 is 19.9 Å². The van der Waals surface area contributed by atoms with Crippen LogP contribution in [-0.2, 0) is 25.9 Å². The quantitative estimate of drug-likeness (QED) is 0.442. The van der Waals surface area contributed by atoms with E-state index in [0.717, 1.165) is 28.6 Å². The van der Waals surface area contributed by atoms with Crippen LogP contribution in [0, 0.1) is 0 Å². The predicted molar refractivity (Wildman–Crippen MR) is 140 cm³/mol. The molecule has 6 rings (SSSR count). The lowest BCUT2D eigenvalue weighted by Crippen LogP contribution is -2.41. The zero-order valence-corrected chi connectivity index (χ0v) is 20.8. The summed E-state index contributed by atoms with van der Waals surface area (Å²) in [5, 5.41) is 15.7. The smallest absolute Gasteiger partial charge is 0.274 e. The van der Waals surface area contributed by atoms with E-state index < -0.39 is 0 Å². The molecule has 0 unspecified atom stereocenters. The Morgan fingerprint density at radius 1 is 0.946 bits per heavy atom. The fourth-order valence-corrected chi connectivity index (χ4v) is 5.48. The molecule has 8 nitrogen and oxygen atoms in total. The number of aryl methyl sites for hydroxylation is 2. The maximum atomic E-state index is 13.6. The van der Waals surface area contributed by atoms with Gasteiger partial charge in [-0.25, -0.2) is 0 Å². The first-order chi connectivity index (χ1) is 18.1. The number of aromatic nitrogens is 3. The highest BCUT2D eigenvalue weighted by atomic mass is 16.3. The molecule has 1 fully saturated rings. The van der Waals surface area contributed by atoms with Crippen LogP contribution in [-0.4, -0.2) is 67.2 Å². The molecule has 2 aromatic carbocycles. The summed E-state index contributed by atoms with van der Waals surface area (Å²) in [6.45, 7) is 2.63. The van der Waals surface area contributed by atoms with Gasteiger partial charge in [0.05, 0.1) is 12.6 Å². The first kappa shape index (κ1) is 23.5. The summed E-state index contributed by atoms with van der Waals surface area (Å²) in [6.07, 6.45) is 2.26. The molecule has 0 atom stereocenters. The number of amides is 2. The lowest BCUT2D eigenvalue weighted by atomic mass is 10.0. The summed E-state index contributed by atoms with van der Waals surface area (Å²) in [4.78, 5) is 33.9. The van der Waals surface area contributed by atoms with E-state index in [2.05, 4.69) is 17.1 Å². The van der Waals surface area contributed by atoms with Crippen molar-refractivity contribution in [2.75, 3.05) is 19.6 Å². The van der Waals surface area contributed by atoms with Crippen LogP contribution in [0.4, 0.5) is 0 Å². The molecule has 0 spiro atoms. The molecule has 8 heteroatoms. The molecule has 2 aliphatic rings. The number of aromatic amines is 1. The average molecular weight is 498 g/mol. The van der Waals surface area contributed by atoms with Gasteiger partial charge in [0.25, 0.3) is 11.8 Å². The zero-order chi connectivity index (χ0) is 25.4.